The molecule has 0 radical (unpaired) electrons. The van der Waals surface area contributed by atoms with Crippen LogP contribution >= 0.6 is 15.9 Å². The van der Waals surface area contributed by atoms with Crippen LogP contribution in [-0.2, 0) is 0 Å². The lowest BCUT2D eigenvalue weighted by atomic mass is 9.87. The second-order valence-corrected chi connectivity index (χ2v) is 6.64. The fourth-order valence-electron chi connectivity index (χ4n) is 1.64. The summed E-state index contributed by atoms with van der Waals surface area (Å²) in [7, 11) is 0. The highest BCUT2D eigenvalue weighted by molar-refractivity contribution is 9.10. The van der Waals surface area contributed by atoms with Crippen LogP contribution in [0.25, 0.3) is 11.4 Å². The van der Waals surface area contributed by atoms with Gasteiger partial charge in [0.15, 0.2) is 0 Å². The molecule has 5 heteroatoms. The number of halogens is 1. The Balaban J connectivity index is 2.36. The van der Waals surface area contributed by atoms with E-state index in [0.29, 0.717) is 11.7 Å². The van der Waals surface area contributed by atoms with E-state index in [0.717, 1.165) is 10.0 Å². The Hall–Kier alpha value is -1.20. The van der Waals surface area contributed by atoms with Crippen molar-refractivity contribution in [3.63, 3.8) is 0 Å². The van der Waals surface area contributed by atoms with Crippen molar-refractivity contribution < 1.29 is 4.52 Å². The lowest BCUT2D eigenvalue weighted by Gasteiger charge is -2.23. The van der Waals surface area contributed by atoms with Crippen LogP contribution in [0.3, 0.4) is 0 Å². The van der Waals surface area contributed by atoms with E-state index < -0.39 is 0 Å². The van der Waals surface area contributed by atoms with Crippen molar-refractivity contribution in [2.45, 2.75) is 33.7 Å². The molecule has 0 saturated carbocycles. The molecule has 19 heavy (non-hydrogen) atoms. The topological polar surface area (TPSA) is 64.9 Å². The number of benzene rings is 1. The Morgan fingerprint density at radius 1 is 1.32 bits per heavy atom. The molecular weight excluding hydrogens is 306 g/mol. The Kier molecular flexibility index (Phi) is 3.78. The largest absolute Gasteiger partial charge is 0.337 e. The summed E-state index contributed by atoms with van der Waals surface area (Å²) in [6.45, 7) is 8.17. The second-order valence-electron chi connectivity index (χ2n) is 5.78. The molecule has 0 aliphatic carbocycles. The van der Waals surface area contributed by atoms with Gasteiger partial charge in [0.1, 0.15) is 0 Å². The summed E-state index contributed by atoms with van der Waals surface area (Å²) in [5.41, 5.74) is 8.08. The van der Waals surface area contributed by atoms with Gasteiger partial charge in [0.25, 0.3) is 0 Å². The number of hydrogen-bond donors (Lipinski definition) is 1. The van der Waals surface area contributed by atoms with Gasteiger partial charge < -0.3 is 10.3 Å². The number of nitrogens with two attached hydrogens (primary N) is 1. The predicted octanol–water partition coefficient (Wildman–Crippen LogP) is 3.85. The molecule has 0 amide bonds. The monoisotopic (exact) mass is 323 g/mol. The van der Waals surface area contributed by atoms with E-state index in [4.69, 9.17) is 10.3 Å². The molecule has 2 rings (SSSR count). The molecular formula is C14H18BrN3O. The van der Waals surface area contributed by atoms with Gasteiger partial charge in [-0.3, -0.25) is 0 Å². The summed E-state index contributed by atoms with van der Waals surface area (Å²) in [4.78, 5) is 4.40. The molecule has 1 aromatic heterocycles. The van der Waals surface area contributed by atoms with Gasteiger partial charge in [0.2, 0.25) is 11.7 Å². The van der Waals surface area contributed by atoms with Crippen LogP contribution in [-0.4, -0.2) is 10.1 Å². The number of nitrogens with zero attached hydrogens (tertiary/aromatic N) is 2. The zero-order valence-electron chi connectivity index (χ0n) is 11.6. The molecule has 1 heterocycles. The summed E-state index contributed by atoms with van der Waals surface area (Å²) in [5, 5.41) is 4.02. The highest BCUT2D eigenvalue weighted by atomic mass is 79.9. The highest BCUT2D eigenvalue weighted by Gasteiger charge is 2.27. The fraction of sp³-hybridized carbons (Fsp3) is 0.429. The highest BCUT2D eigenvalue weighted by Crippen LogP contribution is 2.32. The molecule has 1 atom stereocenters. The quantitative estimate of drug-likeness (QED) is 0.911. The van der Waals surface area contributed by atoms with Crippen LogP contribution in [0.4, 0.5) is 0 Å². The van der Waals surface area contributed by atoms with E-state index in [1.165, 1.54) is 5.56 Å². The smallest absolute Gasteiger partial charge is 0.244 e. The summed E-state index contributed by atoms with van der Waals surface area (Å²) < 4.78 is 6.23. The van der Waals surface area contributed by atoms with Gasteiger partial charge in [-0.2, -0.15) is 4.98 Å². The first-order chi connectivity index (χ1) is 8.79. The summed E-state index contributed by atoms with van der Waals surface area (Å²) in [6, 6.07) is 5.73. The van der Waals surface area contributed by atoms with Gasteiger partial charge >= 0.3 is 0 Å². The van der Waals surface area contributed by atoms with Crippen molar-refractivity contribution in [2.75, 3.05) is 0 Å². The molecule has 0 bridgehead atoms. The molecule has 2 N–H and O–H groups in total. The predicted molar refractivity (Wildman–Crippen MR) is 78.6 cm³/mol. The minimum absolute atomic E-state index is 0.117. The molecule has 0 spiro atoms. The Morgan fingerprint density at radius 2 is 2.00 bits per heavy atom. The summed E-state index contributed by atoms with van der Waals surface area (Å²) >= 11 is 3.52. The van der Waals surface area contributed by atoms with Gasteiger partial charge in [-0.05, 0) is 30.0 Å². The van der Waals surface area contributed by atoms with E-state index in [9.17, 15) is 0 Å². The number of hydrogen-bond acceptors (Lipinski definition) is 4. The van der Waals surface area contributed by atoms with Crippen LogP contribution in [0, 0.1) is 12.3 Å². The van der Waals surface area contributed by atoms with Crippen molar-refractivity contribution in [3.8, 4) is 11.4 Å². The van der Waals surface area contributed by atoms with Gasteiger partial charge in [-0.15, -0.1) is 0 Å². The van der Waals surface area contributed by atoms with Gasteiger partial charge in [-0.1, -0.05) is 47.9 Å². The SMILES string of the molecule is Cc1ccc(-c2noc(C(N)C(C)(C)C)n2)c(Br)c1. The molecule has 2 aromatic rings. The molecule has 0 saturated heterocycles. The number of rotatable bonds is 2. The third kappa shape index (κ3) is 3.04. The van der Waals surface area contributed by atoms with Crippen LogP contribution in [0.1, 0.15) is 38.3 Å². The van der Waals surface area contributed by atoms with Crippen LogP contribution in [0.15, 0.2) is 27.2 Å². The maximum absolute atomic E-state index is 6.12. The first-order valence-electron chi connectivity index (χ1n) is 6.15. The molecule has 0 aliphatic heterocycles. The number of aromatic nitrogens is 2. The Bertz CT molecular complexity index is 587. The molecule has 1 aromatic carbocycles. The average Bonchev–Trinajstić information content (AvgIpc) is 2.75. The maximum Gasteiger partial charge on any atom is 0.244 e. The zero-order chi connectivity index (χ0) is 14.2. The van der Waals surface area contributed by atoms with E-state index in [-0.39, 0.29) is 11.5 Å². The van der Waals surface area contributed by atoms with Crippen LogP contribution in [0.5, 0.6) is 0 Å². The third-order valence-electron chi connectivity index (χ3n) is 3.01. The minimum atomic E-state index is -0.280. The van der Waals surface area contributed by atoms with Crippen molar-refractivity contribution >= 4 is 15.9 Å². The summed E-state index contributed by atoms with van der Waals surface area (Å²) in [5.74, 6) is 1.02. The standard InChI is InChI=1S/C14H18BrN3O/c1-8-5-6-9(10(15)7-8)12-17-13(19-18-12)11(16)14(2,3)4/h5-7,11H,16H2,1-4H3. The molecule has 0 fully saturated rings. The zero-order valence-corrected chi connectivity index (χ0v) is 13.2. The molecule has 102 valence electrons. The third-order valence-corrected chi connectivity index (χ3v) is 3.66. The van der Waals surface area contributed by atoms with Crippen molar-refractivity contribution in [1.82, 2.24) is 10.1 Å². The van der Waals surface area contributed by atoms with E-state index >= 15 is 0 Å². The van der Waals surface area contributed by atoms with Crippen molar-refractivity contribution in [3.05, 3.63) is 34.1 Å². The Labute approximate surface area is 121 Å². The first-order valence-corrected chi connectivity index (χ1v) is 6.94. The molecule has 0 aliphatic rings. The Morgan fingerprint density at radius 3 is 2.58 bits per heavy atom. The van der Waals surface area contributed by atoms with E-state index in [2.05, 4.69) is 26.1 Å². The lowest BCUT2D eigenvalue weighted by molar-refractivity contribution is 0.253. The van der Waals surface area contributed by atoms with Gasteiger partial charge in [0.05, 0.1) is 6.04 Å². The molecule has 1 unspecified atom stereocenters. The molecule has 4 nitrogen and oxygen atoms in total. The fourth-order valence-corrected chi connectivity index (χ4v) is 2.31. The lowest BCUT2D eigenvalue weighted by Crippen LogP contribution is -2.26. The summed E-state index contributed by atoms with van der Waals surface area (Å²) in [6.07, 6.45) is 0. The average molecular weight is 324 g/mol. The normalized spacial score (nSPS) is 13.6. The maximum atomic E-state index is 6.12. The second kappa shape index (κ2) is 5.06. The van der Waals surface area contributed by atoms with Crippen LogP contribution in [0.2, 0.25) is 0 Å². The first kappa shape index (κ1) is 14.2. The number of aryl methyl sites for hydroxylation is 1. The van der Waals surface area contributed by atoms with E-state index in [1.807, 2.05) is 45.9 Å². The van der Waals surface area contributed by atoms with Gasteiger partial charge in [0, 0.05) is 10.0 Å². The van der Waals surface area contributed by atoms with Crippen LogP contribution < -0.4 is 5.73 Å². The van der Waals surface area contributed by atoms with E-state index in [1.54, 1.807) is 0 Å². The van der Waals surface area contributed by atoms with Crippen molar-refractivity contribution in [1.29, 1.82) is 0 Å². The minimum Gasteiger partial charge on any atom is -0.337 e. The van der Waals surface area contributed by atoms with Crippen molar-refractivity contribution in [2.24, 2.45) is 11.1 Å². The van der Waals surface area contributed by atoms with Gasteiger partial charge in [-0.25, -0.2) is 0 Å².